The van der Waals surface area contributed by atoms with Crippen LogP contribution in [0.5, 0.6) is 0 Å². The van der Waals surface area contributed by atoms with E-state index in [1.54, 1.807) is 25.2 Å². The molecule has 2 rings (SSSR count). The topological polar surface area (TPSA) is 58.6 Å². The van der Waals surface area contributed by atoms with Crippen molar-refractivity contribution in [3.05, 3.63) is 28.2 Å². The number of ether oxygens (including phenoxy) is 1. The second-order valence-electron chi connectivity index (χ2n) is 4.57. The van der Waals surface area contributed by atoms with Crippen molar-refractivity contribution in [1.29, 1.82) is 0 Å². The Kier molecular flexibility index (Phi) is 4.73. The number of hydrogen-bond acceptors (Lipinski definition) is 3. The molecular formula is C13H14Cl2N2O3. The van der Waals surface area contributed by atoms with Gasteiger partial charge in [-0.25, -0.2) is 4.79 Å². The van der Waals surface area contributed by atoms with E-state index >= 15 is 0 Å². The van der Waals surface area contributed by atoms with Gasteiger partial charge in [-0.05, 0) is 18.6 Å². The fraction of sp³-hybridized carbons (Fsp3) is 0.385. The Morgan fingerprint density at radius 2 is 2.10 bits per heavy atom. The molecule has 0 spiro atoms. The van der Waals surface area contributed by atoms with E-state index in [0.29, 0.717) is 28.7 Å². The minimum Gasteiger partial charge on any atom is -0.444 e. The molecule has 1 fully saturated rings. The Morgan fingerprint density at radius 3 is 2.65 bits per heavy atom. The fourth-order valence-electron chi connectivity index (χ4n) is 1.91. The van der Waals surface area contributed by atoms with Gasteiger partial charge in [-0.3, -0.25) is 4.79 Å². The van der Waals surface area contributed by atoms with Crippen LogP contribution in [0.15, 0.2) is 18.2 Å². The number of halogens is 2. The maximum Gasteiger partial charge on any atom is 0.409 e. The number of carbonyl (C=O) groups excluding carboxylic acids is 2. The zero-order chi connectivity index (χ0) is 14.7. The smallest absolute Gasteiger partial charge is 0.409 e. The van der Waals surface area contributed by atoms with E-state index in [0.717, 1.165) is 0 Å². The van der Waals surface area contributed by atoms with Gasteiger partial charge in [0.15, 0.2) is 0 Å². The molecule has 108 valence electrons. The zero-order valence-electron chi connectivity index (χ0n) is 10.9. The van der Waals surface area contributed by atoms with Crippen molar-refractivity contribution in [1.82, 2.24) is 4.90 Å². The highest BCUT2D eigenvalue weighted by Gasteiger charge is 2.28. The summed E-state index contributed by atoms with van der Waals surface area (Å²) < 4.78 is 5.08. The molecule has 0 bridgehead atoms. The largest absolute Gasteiger partial charge is 0.444 e. The summed E-state index contributed by atoms with van der Waals surface area (Å²) >= 11 is 11.9. The number of carbonyl (C=O) groups is 2. The summed E-state index contributed by atoms with van der Waals surface area (Å²) in [6.07, 6.45) is 0.0849. The fourth-order valence-corrected chi connectivity index (χ4v) is 2.40. The van der Waals surface area contributed by atoms with Gasteiger partial charge in [0.05, 0.1) is 22.3 Å². The van der Waals surface area contributed by atoms with Gasteiger partial charge in [-0.2, -0.15) is 0 Å². The van der Waals surface area contributed by atoms with Crippen molar-refractivity contribution in [2.24, 2.45) is 0 Å². The van der Waals surface area contributed by atoms with Crippen molar-refractivity contribution in [2.75, 3.05) is 18.9 Å². The molecule has 1 saturated heterocycles. The van der Waals surface area contributed by atoms with Crippen molar-refractivity contribution in [2.45, 2.75) is 18.9 Å². The summed E-state index contributed by atoms with van der Waals surface area (Å²) in [4.78, 5) is 24.5. The standard InChI is InChI=1S/C13H14Cl2N2O3/c1-17-7-8(20-13(17)19)5-6-11(18)16-12-9(14)3-2-4-10(12)15/h2-4,8H,5-7H2,1H3,(H,16,18). The van der Waals surface area contributed by atoms with Crippen LogP contribution in [0.3, 0.4) is 0 Å². The number of amides is 2. The molecule has 0 radical (unpaired) electrons. The van der Waals surface area contributed by atoms with Crippen molar-refractivity contribution >= 4 is 40.9 Å². The molecule has 1 aromatic carbocycles. The lowest BCUT2D eigenvalue weighted by molar-refractivity contribution is -0.116. The van der Waals surface area contributed by atoms with Crippen molar-refractivity contribution in [3.63, 3.8) is 0 Å². The summed E-state index contributed by atoms with van der Waals surface area (Å²) in [6.45, 7) is 0.499. The van der Waals surface area contributed by atoms with Crippen LogP contribution >= 0.6 is 23.2 Å². The maximum atomic E-state index is 11.9. The second kappa shape index (κ2) is 6.33. The lowest BCUT2D eigenvalue weighted by Gasteiger charge is -2.10. The number of hydrogen-bond donors (Lipinski definition) is 1. The predicted molar refractivity (Wildman–Crippen MR) is 77.2 cm³/mol. The Bertz CT molecular complexity index is 516. The quantitative estimate of drug-likeness (QED) is 0.928. The highest BCUT2D eigenvalue weighted by atomic mass is 35.5. The van der Waals surface area contributed by atoms with Crippen LogP contribution in [-0.2, 0) is 9.53 Å². The number of anilines is 1. The average Bonchev–Trinajstić information content (AvgIpc) is 2.71. The normalized spacial score (nSPS) is 18.1. The predicted octanol–water partition coefficient (Wildman–Crippen LogP) is 3.16. The first-order chi connectivity index (χ1) is 9.47. The third-order valence-corrected chi connectivity index (χ3v) is 3.61. The van der Waals surface area contributed by atoms with Gasteiger partial charge in [0, 0.05) is 13.5 Å². The van der Waals surface area contributed by atoms with E-state index in [2.05, 4.69) is 5.32 Å². The van der Waals surface area contributed by atoms with Crippen LogP contribution in [0.2, 0.25) is 10.0 Å². The molecule has 5 nitrogen and oxygen atoms in total. The first kappa shape index (κ1) is 14.9. The number of para-hydroxylation sites is 1. The maximum absolute atomic E-state index is 11.9. The molecule has 20 heavy (non-hydrogen) atoms. The van der Waals surface area contributed by atoms with Crippen LogP contribution in [-0.4, -0.2) is 36.6 Å². The molecule has 7 heteroatoms. The van der Waals surface area contributed by atoms with Crippen LogP contribution in [0.1, 0.15) is 12.8 Å². The molecule has 1 aromatic rings. The summed E-state index contributed by atoms with van der Waals surface area (Å²) in [7, 11) is 1.66. The van der Waals surface area contributed by atoms with E-state index in [4.69, 9.17) is 27.9 Å². The molecule has 1 aliphatic rings. The van der Waals surface area contributed by atoms with Crippen molar-refractivity contribution in [3.8, 4) is 0 Å². The first-order valence-corrected chi connectivity index (χ1v) is 6.88. The lowest BCUT2D eigenvalue weighted by Crippen LogP contribution is -2.20. The minimum absolute atomic E-state index is 0.217. The van der Waals surface area contributed by atoms with E-state index in [9.17, 15) is 9.59 Å². The van der Waals surface area contributed by atoms with Gasteiger partial charge in [0.1, 0.15) is 6.10 Å². The molecule has 0 aliphatic carbocycles. The Labute approximate surface area is 126 Å². The van der Waals surface area contributed by atoms with Gasteiger partial charge >= 0.3 is 6.09 Å². The summed E-state index contributed by atoms with van der Waals surface area (Å²) in [5.74, 6) is -0.217. The Hall–Kier alpha value is -1.46. The Balaban J connectivity index is 1.86. The molecule has 0 saturated carbocycles. The number of nitrogens with one attached hydrogen (secondary N) is 1. The molecule has 2 amide bonds. The molecule has 1 atom stereocenters. The number of nitrogens with zero attached hydrogens (tertiary/aromatic N) is 1. The molecule has 0 aromatic heterocycles. The van der Waals surface area contributed by atoms with Crippen LogP contribution in [0.4, 0.5) is 10.5 Å². The van der Waals surface area contributed by atoms with E-state index in [1.165, 1.54) is 4.90 Å². The van der Waals surface area contributed by atoms with Gasteiger partial charge in [-0.1, -0.05) is 29.3 Å². The summed E-state index contributed by atoms with van der Waals surface area (Å²) in [5, 5.41) is 3.44. The van der Waals surface area contributed by atoms with Gasteiger partial charge < -0.3 is 15.0 Å². The van der Waals surface area contributed by atoms with Gasteiger partial charge in [0.25, 0.3) is 0 Å². The molecule has 1 aliphatic heterocycles. The van der Waals surface area contributed by atoms with Gasteiger partial charge in [0.2, 0.25) is 5.91 Å². The number of benzene rings is 1. The van der Waals surface area contributed by atoms with E-state index in [-0.39, 0.29) is 24.5 Å². The third-order valence-electron chi connectivity index (χ3n) is 2.98. The first-order valence-electron chi connectivity index (χ1n) is 6.13. The monoisotopic (exact) mass is 316 g/mol. The molecule has 1 heterocycles. The van der Waals surface area contributed by atoms with E-state index in [1.807, 2.05) is 0 Å². The van der Waals surface area contributed by atoms with Crippen molar-refractivity contribution < 1.29 is 14.3 Å². The third kappa shape index (κ3) is 3.55. The van der Waals surface area contributed by atoms with E-state index < -0.39 is 0 Å². The molecule has 1 unspecified atom stereocenters. The average molecular weight is 317 g/mol. The summed E-state index contributed by atoms with van der Waals surface area (Å²) in [5.41, 5.74) is 0.404. The molecular weight excluding hydrogens is 303 g/mol. The molecule has 1 N–H and O–H groups in total. The number of cyclic esters (lactones) is 1. The minimum atomic E-state index is -0.357. The Morgan fingerprint density at radius 1 is 1.45 bits per heavy atom. The number of rotatable bonds is 4. The summed E-state index contributed by atoms with van der Waals surface area (Å²) in [6, 6.07) is 5.00. The van der Waals surface area contributed by atoms with Crippen LogP contribution in [0.25, 0.3) is 0 Å². The SMILES string of the molecule is CN1CC(CCC(=O)Nc2c(Cl)cccc2Cl)OC1=O. The van der Waals surface area contributed by atoms with Crippen LogP contribution in [0, 0.1) is 0 Å². The highest BCUT2D eigenvalue weighted by molar-refractivity contribution is 6.39. The zero-order valence-corrected chi connectivity index (χ0v) is 12.4. The van der Waals surface area contributed by atoms with Crippen LogP contribution < -0.4 is 5.32 Å². The van der Waals surface area contributed by atoms with Gasteiger partial charge in [-0.15, -0.1) is 0 Å². The lowest BCUT2D eigenvalue weighted by atomic mass is 10.2. The second-order valence-corrected chi connectivity index (χ2v) is 5.38. The number of likely N-dealkylation sites (N-methyl/N-ethyl adjacent to an activating group) is 1. The highest BCUT2D eigenvalue weighted by Crippen LogP contribution is 2.30.